The second-order valence-corrected chi connectivity index (χ2v) is 2.78. The quantitative estimate of drug-likeness (QED) is 0.564. The van der Waals surface area contributed by atoms with Gasteiger partial charge in [-0.15, -0.1) is 0 Å². The molecule has 1 saturated heterocycles. The third kappa shape index (κ3) is 1.29. The molecule has 0 radical (unpaired) electrons. The summed E-state index contributed by atoms with van der Waals surface area (Å²) in [6, 6.07) is 0.331. The lowest BCUT2D eigenvalue weighted by Crippen LogP contribution is -2.31. The zero-order chi connectivity index (χ0) is 7.56. The summed E-state index contributed by atoms with van der Waals surface area (Å²) in [6.07, 6.45) is 1.61. The summed E-state index contributed by atoms with van der Waals surface area (Å²) >= 11 is 0. The molecule has 0 saturated carbocycles. The summed E-state index contributed by atoms with van der Waals surface area (Å²) in [5.74, 6) is 0.528. The molecule has 0 spiro atoms. The van der Waals surface area contributed by atoms with Gasteiger partial charge in [-0.25, -0.2) is 0 Å². The van der Waals surface area contributed by atoms with Crippen molar-refractivity contribution >= 4 is 5.91 Å². The fourth-order valence-electron chi connectivity index (χ4n) is 1.45. The zero-order valence-electron chi connectivity index (χ0n) is 6.26. The van der Waals surface area contributed by atoms with Crippen LogP contribution in [-0.4, -0.2) is 18.5 Å². The fraction of sp³-hybridized carbons (Fsp3) is 0.857. The van der Waals surface area contributed by atoms with Crippen molar-refractivity contribution in [2.75, 3.05) is 6.54 Å². The normalized spacial score (nSPS) is 32.4. The van der Waals surface area contributed by atoms with Gasteiger partial charge in [-0.05, 0) is 13.0 Å². The smallest absolute Gasteiger partial charge is 0.220 e. The lowest BCUT2D eigenvalue weighted by atomic mass is 9.99. The van der Waals surface area contributed by atoms with E-state index < -0.39 is 0 Å². The van der Waals surface area contributed by atoms with Crippen molar-refractivity contribution in [2.24, 2.45) is 11.7 Å². The van der Waals surface area contributed by atoms with Crippen molar-refractivity contribution in [3.63, 3.8) is 0 Å². The number of rotatable bonds is 2. The summed E-state index contributed by atoms with van der Waals surface area (Å²) in [7, 11) is 0. The Bertz CT molecular complexity index is 122. The van der Waals surface area contributed by atoms with Gasteiger partial charge in [0.25, 0.3) is 0 Å². The summed E-state index contributed by atoms with van der Waals surface area (Å²) in [5, 5.41) is 2.89. The Kier molecular flexibility index (Phi) is 2.27. The van der Waals surface area contributed by atoms with E-state index >= 15 is 0 Å². The van der Waals surface area contributed by atoms with Crippen molar-refractivity contribution in [3.8, 4) is 0 Å². The fourth-order valence-corrected chi connectivity index (χ4v) is 1.45. The van der Waals surface area contributed by atoms with Gasteiger partial charge in [0.2, 0.25) is 5.91 Å². The van der Waals surface area contributed by atoms with Gasteiger partial charge in [-0.2, -0.15) is 0 Å². The first-order valence-electron chi connectivity index (χ1n) is 3.77. The van der Waals surface area contributed by atoms with Gasteiger partial charge < -0.3 is 11.1 Å². The standard InChI is InChI=1S/C7H14N2O/c1-2-6-5(4-8)3-7(10)9-6/h5-6H,2-4,8H2,1H3,(H,9,10)/t5-,6-/m1/s1. The zero-order valence-corrected chi connectivity index (χ0v) is 6.26. The van der Waals surface area contributed by atoms with E-state index in [0.29, 0.717) is 24.9 Å². The molecule has 2 atom stereocenters. The highest BCUT2D eigenvalue weighted by molar-refractivity contribution is 5.79. The average molecular weight is 142 g/mol. The van der Waals surface area contributed by atoms with Gasteiger partial charge in [-0.1, -0.05) is 6.92 Å². The van der Waals surface area contributed by atoms with Crippen LogP contribution in [-0.2, 0) is 4.79 Å². The first kappa shape index (κ1) is 7.54. The van der Waals surface area contributed by atoms with Crippen molar-refractivity contribution in [1.82, 2.24) is 5.32 Å². The van der Waals surface area contributed by atoms with E-state index in [9.17, 15) is 4.79 Å². The Morgan fingerprint density at radius 3 is 2.90 bits per heavy atom. The van der Waals surface area contributed by atoms with Crippen LogP contribution >= 0.6 is 0 Å². The lowest BCUT2D eigenvalue weighted by Gasteiger charge is -2.13. The highest BCUT2D eigenvalue weighted by Gasteiger charge is 2.29. The first-order valence-corrected chi connectivity index (χ1v) is 3.77. The van der Waals surface area contributed by atoms with Gasteiger partial charge in [0.05, 0.1) is 0 Å². The van der Waals surface area contributed by atoms with Crippen LogP contribution in [0.1, 0.15) is 19.8 Å². The van der Waals surface area contributed by atoms with Crippen molar-refractivity contribution < 1.29 is 4.79 Å². The number of carbonyl (C=O) groups is 1. The second-order valence-electron chi connectivity index (χ2n) is 2.78. The Balaban J connectivity index is 2.48. The van der Waals surface area contributed by atoms with Crippen LogP contribution in [0.25, 0.3) is 0 Å². The Morgan fingerprint density at radius 1 is 1.80 bits per heavy atom. The van der Waals surface area contributed by atoms with Gasteiger partial charge in [0.15, 0.2) is 0 Å². The van der Waals surface area contributed by atoms with E-state index in [1.165, 1.54) is 0 Å². The van der Waals surface area contributed by atoms with Gasteiger partial charge in [0, 0.05) is 18.4 Å². The third-order valence-electron chi connectivity index (χ3n) is 2.11. The van der Waals surface area contributed by atoms with Gasteiger partial charge in [-0.3, -0.25) is 4.79 Å². The van der Waals surface area contributed by atoms with Crippen LogP contribution in [0.5, 0.6) is 0 Å². The van der Waals surface area contributed by atoms with E-state index in [-0.39, 0.29) is 5.91 Å². The Morgan fingerprint density at radius 2 is 2.50 bits per heavy atom. The van der Waals surface area contributed by atoms with Gasteiger partial charge >= 0.3 is 0 Å². The van der Waals surface area contributed by atoms with E-state index in [2.05, 4.69) is 12.2 Å². The third-order valence-corrected chi connectivity index (χ3v) is 2.11. The summed E-state index contributed by atoms with van der Waals surface area (Å²) < 4.78 is 0. The highest BCUT2D eigenvalue weighted by atomic mass is 16.2. The summed E-state index contributed by atoms with van der Waals surface area (Å²) in [6.45, 7) is 2.69. The molecular weight excluding hydrogens is 128 g/mol. The maximum absolute atomic E-state index is 10.8. The molecule has 3 N–H and O–H groups in total. The van der Waals surface area contributed by atoms with Gasteiger partial charge in [0.1, 0.15) is 0 Å². The van der Waals surface area contributed by atoms with Crippen LogP contribution in [0.4, 0.5) is 0 Å². The number of nitrogens with two attached hydrogens (primary N) is 1. The molecule has 10 heavy (non-hydrogen) atoms. The molecule has 1 heterocycles. The molecule has 1 rings (SSSR count). The second kappa shape index (κ2) is 3.01. The Hall–Kier alpha value is -0.570. The largest absolute Gasteiger partial charge is 0.353 e. The van der Waals surface area contributed by atoms with Crippen LogP contribution in [0.3, 0.4) is 0 Å². The van der Waals surface area contributed by atoms with Crippen molar-refractivity contribution in [3.05, 3.63) is 0 Å². The highest BCUT2D eigenvalue weighted by Crippen LogP contribution is 2.16. The molecule has 1 fully saturated rings. The van der Waals surface area contributed by atoms with Crippen LogP contribution < -0.4 is 11.1 Å². The molecule has 3 heteroatoms. The molecule has 0 aromatic carbocycles. The minimum absolute atomic E-state index is 0.155. The monoisotopic (exact) mass is 142 g/mol. The van der Waals surface area contributed by atoms with Crippen LogP contribution in [0, 0.1) is 5.92 Å². The molecule has 58 valence electrons. The van der Waals surface area contributed by atoms with E-state index in [4.69, 9.17) is 5.73 Å². The number of carbonyl (C=O) groups excluding carboxylic acids is 1. The molecule has 1 amide bonds. The minimum Gasteiger partial charge on any atom is -0.353 e. The molecule has 3 nitrogen and oxygen atoms in total. The Labute approximate surface area is 61.0 Å². The van der Waals surface area contributed by atoms with E-state index in [1.54, 1.807) is 0 Å². The van der Waals surface area contributed by atoms with Crippen LogP contribution in [0.2, 0.25) is 0 Å². The maximum Gasteiger partial charge on any atom is 0.220 e. The molecule has 1 aliphatic heterocycles. The molecule has 1 aliphatic rings. The molecule has 0 aliphatic carbocycles. The maximum atomic E-state index is 10.8. The minimum atomic E-state index is 0.155. The predicted molar refractivity (Wildman–Crippen MR) is 39.4 cm³/mol. The number of hydrogen-bond acceptors (Lipinski definition) is 2. The molecule has 0 bridgehead atoms. The van der Waals surface area contributed by atoms with E-state index in [1.807, 2.05) is 0 Å². The first-order chi connectivity index (χ1) is 4.77. The van der Waals surface area contributed by atoms with Crippen molar-refractivity contribution in [2.45, 2.75) is 25.8 Å². The SMILES string of the molecule is CC[C@H]1NC(=O)C[C@@H]1CN. The summed E-state index contributed by atoms with van der Waals surface area (Å²) in [4.78, 5) is 10.8. The average Bonchev–Trinajstić information content (AvgIpc) is 2.30. The van der Waals surface area contributed by atoms with Crippen LogP contribution in [0.15, 0.2) is 0 Å². The molecular formula is C7H14N2O. The summed E-state index contributed by atoms with van der Waals surface area (Å²) in [5.41, 5.74) is 5.47. The molecule has 0 unspecified atom stereocenters. The number of amides is 1. The topological polar surface area (TPSA) is 55.1 Å². The van der Waals surface area contributed by atoms with Crippen molar-refractivity contribution in [1.29, 1.82) is 0 Å². The number of hydrogen-bond donors (Lipinski definition) is 2. The lowest BCUT2D eigenvalue weighted by molar-refractivity contribution is -0.119. The molecule has 0 aromatic heterocycles. The number of nitrogens with one attached hydrogen (secondary N) is 1. The van der Waals surface area contributed by atoms with E-state index in [0.717, 1.165) is 6.42 Å². The molecule has 0 aromatic rings. The predicted octanol–water partition coefficient (Wildman–Crippen LogP) is -0.140.